The number of fused-ring (bicyclic) bond motifs is 1. The number of hydrogen-bond acceptors (Lipinski definition) is 8. The van der Waals surface area contributed by atoms with Gasteiger partial charge >= 0.3 is 5.97 Å². The summed E-state index contributed by atoms with van der Waals surface area (Å²) in [6, 6.07) is 0. The molecular formula is C28H43NO5S2. The lowest BCUT2D eigenvalue weighted by molar-refractivity contribution is -0.154. The predicted octanol–water partition coefficient (Wildman–Crippen LogP) is 5.76. The maximum Gasteiger partial charge on any atom is 0.309 e. The minimum atomic E-state index is -1.20. The van der Waals surface area contributed by atoms with Crippen molar-refractivity contribution in [3.05, 3.63) is 16.6 Å². The topological polar surface area (TPSA) is 96.7 Å². The summed E-state index contributed by atoms with van der Waals surface area (Å²) in [4.78, 5) is 30.9. The van der Waals surface area contributed by atoms with Crippen molar-refractivity contribution < 1.29 is 24.5 Å². The molecule has 202 valence electrons. The van der Waals surface area contributed by atoms with E-state index < -0.39 is 35.6 Å². The molecule has 3 rings (SSSR count). The Labute approximate surface area is 224 Å². The number of ether oxygens (including phenoxy) is 1. The summed E-state index contributed by atoms with van der Waals surface area (Å²) in [6.07, 6.45) is 6.04. The van der Waals surface area contributed by atoms with Crippen LogP contribution in [0.5, 0.6) is 0 Å². The Morgan fingerprint density at radius 1 is 1.25 bits per heavy atom. The van der Waals surface area contributed by atoms with Gasteiger partial charge in [0.15, 0.2) is 0 Å². The van der Waals surface area contributed by atoms with Gasteiger partial charge in [0.25, 0.3) is 0 Å². The van der Waals surface area contributed by atoms with Crippen molar-refractivity contribution in [1.29, 1.82) is 0 Å². The minimum absolute atomic E-state index is 0.0159. The second kappa shape index (κ2) is 11.7. The number of carbonyl (C=O) groups is 2. The molecule has 1 saturated carbocycles. The average molecular weight is 538 g/mol. The molecule has 8 heteroatoms. The fourth-order valence-corrected chi connectivity index (χ4v) is 6.76. The monoisotopic (exact) mass is 537 g/mol. The molecule has 0 bridgehead atoms. The van der Waals surface area contributed by atoms with Gasteiger partial charge in [-0.15, -0.1) is 11.3 Å². The summed E-state index contributed by atoms with van der Waals surface area (Å²) in [5, 5.41) is 23.8. The number of cyclic esters (lactones) is 1. The van der Waals surface area contributed by atoms with Crippen LogP contribution >= 0.6 is 23.1 Å². The predicted molar refractivity (Wildman–Crippen MR) is 146 cm³/mol. The Balaban J connectivity index is 1.85. The van der Waals surface area contributed by atoms with Crippen molar-refractivity contribution in [1.82, 2.24) is 4.98 Å². The number of thioether (sulfide) groups is 1. The number of nitrogens with zero attached hydrogens (tertiary/aromatic N) is 1. The summed E-state index contributed by atoms with van der Waals surface area (Å²) < 4.78 is 6.96. The Hall–Kier alpha value is -1.22. The van der Waals surface area contributed by atoms with Gasteiger partial charge < -0.3 is 14.9 Å². The van der Waals surface area contributed by atoms with E-state index in [0.29, 0.717) is 5.92 Å². The summed E-state index contributed by atoms with van der Waals surface area (Å²) in [7, 11) is 0. The number of aliphatic hydroxyl groups excluding tert-OH is 2. The van der Waals surface area contributed by atoms with E-state index >= 15 is 0 Å². The van der Waals surface area contributed by atoms with Crippen LogP contribution in [-0.2, 0) is 14.3 Å². The van der Waals surface area contributed by atoms with E-state index in [1.807, 2.05) is 31.6 Å². The number of hydrogen-bond donors (Lipinski definition) is 2. The van der Waals surface area contributed by atoms with Crippen LogP contribution in [0.3, 0.4) is 0 Å². The van der Waals surface area contributed by atoms with Gasteiger partial charge in [-0.05, 0) is 67.8 Å². The number of aliphatic hydroxyl groups is 2. The molecule has 1 unspecified atom stereocenters. The van der Waals surface area contributed by atoms with Gasteiger partial charge in [0.05, 0.1) is 29.7 Å². The third-order valence-corrected chi connectivity index (χ3v) is 10.5. The second-order valence-electron chi connectivity index (χ2n) is 11.9. The SMILES string of the molecule is CSc1nc(/C=C(\C)C2C[C@@H]3C[C@@]3(C)CCC[C@H](C)[C@H](O)[C@@H](C)C(=O)C(C)(C)[C@@H](O)CC(=O)O2)cs1. The first-order valence-corrected chi connectivity index (χ1v) is 15.2. The van der Waals surface area contributed by atoms with Crippen LogP contribution < -0.4 is 0 Å². The van der Waals surface area contributed by atoms with Crippen molar-refractivity contribution in [2.24, 2.45) is 28.6 Å². The van der Waals surface area contributed by atoms with E-state index in [0.717, 1.165) is 47.7 Å². The molecule has 1 aromatic rings. The van der Waals surface area contributed by atoms with E-state index in [4.69, 9.17) is 4.74 Å². The van der Waals surface area contributed by atoms with Crippen molar-refractivity contribution in [2.75, 3.05) is 6.26 Å². The number of rotatable bonds is 3. The number of carbonyl (C=O) groups excluding carboxylic acids is 2. The third kappa shape index (κ3) is 6.80. The first-order valence-electron chi connectivity index (χ1n) is 13.1. The highest BCUT2D eigenvalue weighted by Gasteiger charge is 2.50. The van der Waals surface area contributed by atoms with Gasteiger partial charge in [-0.3, -0.25) is 9.59 Å². The second-order valence-corrected chi connectivity index (χ2v) is 13.8. The van der Waals surface area contributed by atoms with Crippen LogP contribution in [0, 0.1) is 28.6 Å². The molecule has 2 heterocycles. The summed E-state index contributed by atoms with van der Waals surface area (Å²) >= 11 is 3.19. The van der Waals surface area contributed by atoms with Gasteiger partial charge in [0.1, 0.15) is 16.2 Å². The van der Waals surface area contributed by atoms with Crippen LogP contribution in [0.1, 0.15) is 85.8 Å². The first-order chi connectivity index (χ1) is 16.8. The van der Waals surface area contributed by atoms with E-state index in [-0.39, 0.29) is 23.5 Å². The van der Waals surface area contributed by atoms with E-state index in [9.17, 15) is 19.8 Å². The fraction of sp³-hybridized carbons (Fsp3) is 0.750. The molecule has 0 aromatic carbocycles. The van der Waals surface area contributed by atoms with Crippen molar-refractivity contribution in [3.63, 3.8) is 0 Å². The maximum absolute atomic E-state index is 13.3. The van der Waals surface area contributed by atoms with Crippen LogP contribution in [-0.4, -0.2) is 51.5 Å². The third-order valence-electron chi connectivity index (χ3n) is 8.61. The first kappa shape index (κ1) is 29.3. The number of thiazole rings is 1. The van der Waals surface area contributed by atoms with Crippen LogP contribution in [0.15, 0.2) is 15.3 Å². The van der Waals surface area contributed by atoms with Crippen molar-refractivity contribution >= 4 is 40.9 Å². The van der Waals surface area contributed by atoms with Gasteiger partial charge in [0, 0.05) is 11.3 Å². The smallest absolute Gasteiger partial charge is 0.309 e. The molecule has 7 atom stereocenters. The molecule has 2 fully saturated rings. The van der Waals surface area contributed by atoms with Crippen molar-refractivity contribution in [3.8, 4) is 0 Å². The standard InChI is InChI=1S/C28H43NO5S2/c1-16-9-8-10-28(6)14-19(28)12-21(17(2)11-20-15-36-26(29-20)35-7)34-23(31)13-22(30)27(4,5)25(33)18(3)24(16)32/h11,15-16,18-19,21-22,24,30,32H,8-10,12-14H2,1-7H3/b17-11+/t16-,18+,19+,21?,22-,24-,28+/m0/s1. The lowest BCUT2D eigenvalue weighted by Crippen LogP contribution is -2.45. The molecule has 0 spiro atoms. The highest BCUT2D eigenvalue weighted by atomic mass is 32.2. The zero-order chi connectivity index (χ0) is 26.8. The molecule has 2 aliphatic rings. The normalized spacial score (nSPS) is 36.8. The fourth-order valence-electron chi connectivity index (χ4n) is 5.54. The molecule has 2 N–H and O–H groups in total. The van der Waals surface area contributed by atoms with Crippen LogP contribution in [0.4, 0.5) is 0 Å². The Morgan fingerprint density at radius 3 is 2.58 bits per heavy atom. The minimum Gasteiger partial charge on any atom is -0.458 e. The molecule has 1 saturated heterocycles. The average Bonchev–Trinajstić information content (AvgIpc) is 3.23. The van der Waals surface area contributed by atoms with Gasteiger partial charge in [-0.25, -0.2) is 4.98 Å². The number of aromatic nitrogens is 1. The van der Waals surface area contributed by atoms with Gasteiger partial charge in [-0.1, -0.05) is 52.8 Å². The molecule has 6 nitrogen and oxygen atoms in total. The number of ketones is 1. The number of esters is 1. The Kier molecular flexibility index (Phi) is 9.51. The number of Topliss-reactive ketones (excluding diaryl/α,β-unsaturated/α-hetero) is 1. The van der Waals surface area contributed by atoms with Gasteiger partial charge in [-0.2, -0.15) is 0 Å². The van der Waals surface area contributed by atoms with E-state index in [1.54, 1.807) is 43.9 Å². The summed E-state index contributed by atoms with van der Waals surface area (Å²) in [5.74, 6) is -0.937. The molecular weight excluding hydrogens is 494 g/mol. The van der Waals surface area contributed by atoms with Gasteiger partial charge in [0.2, 0.25) is 0 Å². The zero-order valence-corrected chi connectivity index (χ0v) is 24.4. The maximum atomic E-state index is 13.3. The lowest BCUT2D eigenvalue weighted by atomic mass is 9.73. The zero-order valence-electron chi connectivity index (χ0n) is 22.7. The molecule has 0 amide bonds. The van der Waals surface area contributed by atoms with Crippen molar-refractivity contribution in [2.45, 2.75) is 103 Å². The summed E-state index contributed by atoms with van der Waals surface area (Å²) in [6.45, 7) is 11.3. The largest absolute Gasteiger partial charge is 0.458 e. The molecule has 1 aliphatic carbocycles. The van der Waals surface area contributed by atoms with E-state index in [2.05, 4.69) is 11.9 Å². The molecule has 1 aromatic heterocycles. The highest BCUT2D eigenvalue weighted by molar-refractivity contribution is 8.00. The van der Waals surface area contributed by atoms with Crippen LogP contribution in [0.2, 0.25) is 0 Å². The molecule has 0 radical (unpaired) electrons. The van der Waals surface area contributed by atoms with Crippen LogP contribution in [0.25, 0.3) is 6.08 Å². The quantitative estimate of drug-likeness (QED) is 0.374. The summed E-state index contributed by atoms with van der Waals surface area (Å²) in [5.41, 5.74) is 0.812. The Morgan fingerprint density at radius 2 is 1.94 bits per heavy atom. The molecule has 1 aliphatic heterocycles. The Bertz CT molecular complexity index is 973. The lowest BCUT2D eigenvalue weighted by Gasteiger charge is -2.34. The van der Waals surface area contributed by atoms with E-state index in [1.165, 1.54) is 0 Å². The highest BCUT2D eigenvalue weighted by Crippen LogP contribution is 2.58. The molecule has 36 heavy (non-hydrogen) atoms.